The molecular weight excluding hydrogens is 450 g/mol. The van der Waals surface area contributed by atoms with Gasteiger partial charge in [-0.1, -0.05) is 36.6 Å². The Bertz CT molecular complexity index is 1110. The monoisotopic (exact) mass is 489 g/mol. The first kappa shape index (κ1) is 24.5. The minimum Gasteiger partial charge on any atom is -0.362 e. The van der Waals surface area contributed by atoms with Crippen LogP contribution in [0, 0.1) is 38.0 Å². The number of thiol groups is 1. The highest BCUT2D eigenvalue weighted by Crippen LogP contribution is 2.43. The number of terminal acetylenes is 1. The first-order chi connectivity index (χ1) is 16.8. The van der Waals surface area contributed by atoms with Crippen molar-refractivity contribution in [3.8, 4) is 12.3 Å². The second-order valence-electron chi connectivity index (χ2n) is 11.3. The van der Waals surface area contributed by atoms with Crippen LogP contribution in [-0.2, 0) is 0 Å². The number of nitrogens with one attached hydrogen (secondary N) is 1. The van der Waals surface area contributed by atoms with Gasteiger partial charge in [0, 0.05) is 36.3 Å². The largest absolute Gasteiger partial charge is 0.362 e. The average molecular weight is 490 g/mol. The van der Waals surface area contributed by atoms with Crippen LogP contribution in [-0.4, -0.2) is 51.8 Å². The van der Waals surface area contributed by atoms with E-state index in [0.29, 0.717) is 11.5 Å². The first-order valence-electron chi connectivity index (χ1n) is 13.1. The molecule has 3 fully saturated rings. The summed E-state index contributed by atoms with van der Waals surface area (Å²) in [5, 5.41) is 3.56. The van der Waals surface area contributed by atoms with Crippen molar-refractivity contribution < 1.29 is 0 Å². The minimum absolute atomic E-state index is 0.0882. The molecule has 2 atom stereocenters. The molecule has 0 spiro atoms. The number of hydrogen-bond donors (Lipinski definition) is 2. The number of nitrogens with zero attached hydrogens (tertiary/aromatic N) is 4. The van der Waals surface area contributed by atoms with Crippen molar-refractivity contribution in [2.24, 2.45) is 11.8 Å². The summed E-state index contributed by atoms with van der Waals surface area (Å²) < 4.78 is 0.0882. The van der Waals surface area contributed by atoms with E-state index < -0.39 is 0 Å². The molecule has 2 saturated heterocycles. The van der Waals surface area contributed by atoms with Crippen LogP contribution >= 0.6 is 12.6 Å². The molecule has 1 aromatic carbocycles. The number of anilines is 2. The molecule has 3 heterocycles. The van der Waals surface area contributed by atoms with Gasteiger partial charge in [0.1, 0.15) is 5.82 Å². The summed E-state index contributed by atoms with van der Waals surface area (Å²) in [6.45, 7) is 13.1. The normalized spacial score (nSPS) is 28.1. The lowest BCUT2D eigenvalue weighted by atomic mass is 9.76. The zero-order chi connectivity index (χ0) is 24.7. The fraction of sp³-hybridized carbons (Fsp3) is 0.586. The predicted octanol–water partition coefficient (Wildman–Crippen LogP) is 5.25. The maximum atomic E-state index is 5.79. The van der Waals surface area contributed by atoms with Gasteiger partial charge >= 0.3 is 0 Å². The van der Waals surface area contributed by atoms with E-state index in [0.717, 1.165) is 43.4 Å². The van der Waals surface area contributed by atoms with Gasteiger partial charge in [0.2, 0.25) is 5.95 Å². The minimum atomic E-state index is 0.0882. The maximum Gasteiger partial charge on any atom is 0.227 e. The number of piperidine rings is 1. The molecule has 1 saturated carbocycles. The summed E-state index contributed by atoms with van der Waals surface area (Å²) >= 11 is 5.27. The van der Waals surface area contributed by atoms with Gasteiger partial charge in [0.15, 0.2) is 0 Å². The number of benzene rings is 1. The van der Waals surface area contributed by atoms with E-state index in [4.69, 9.17) is 24.0 Å². The van der Waals surface area contributed by atoms with Gasteiger partial charge in [0.05, 0.1) is 17.8 Å². The summed E-state index contributed by atoms with van der Waals surface area (Å²) in [7, 11) is 0. The van der Waals surface area contributed by atoms with E-state index in [-0.39, 0.29) is 10.8 Å². The molecule has 1 aromatic heterocycles. The van der Waals surface area contributed by atoms with Crippen molar-refractivity contribution in [2.45, 2.75) is 70.2 Å². The quantitative estimate of drug-likeness (QED) is 0.429. The zero-order valence-electron chi connectivity index (χ0n) is 21.6. The third-order valence-corrected chi connectivity index (χ3v) is 9.23. The zero-order valence-corrected chi connectivity index (χ0v) is 22.5. The molecule has 0 unspecified atom stereocenters. The van der Waals surface area contributed by atoms with Gasteiger partial charge in [-0.15, -0.1) is 6.42 Å². The van der Waals surface area contributed by atoms with E-state index in [1.165, 1.54) is 48.9 Å². The standard InChI is InChI=1S/C29H39N5S/c1-6-23-15-30-28(32-27(23)31-22(5)26-9-8-19(2)12-21(26)4)34-16-24(17-34)29(35)10-7-11-33(18-29)25-13-20(3)14-25/h1,8-9,12,15,20,22,24-25,35H,7,10-11,13-14,16-18H2,2-5H3,(H,30,31,32)/t20?,22-,25?,29-/m1/s1. The van der Waals surface area contributed by atoms with Crippen molar-refractivity contribution in [3.63, 3.8) is 0 Å². The Hall–Kier alpha value is -2.23. The first-order valence-corrected chi connectivity index (χ1v) is 13.6. The fourth-order valence-corrected chi connectivity index (χ4v) is 6.72. The molecule has 1 N–H and O–H groups in total. The van der Waals surface area contributed by atoms with Gasteiger partial charge < -0.3 is 10.2 Å². The van der Waals surface area contributed by atoms with Crippen LogP contribution < -0.4 is 10.2 Å². The van der Waals surface area contributed by atoms with Gasteiger partial charge in [-0.05, 0) is 70.0 Å². The van der Waals surface area contributed by atoms with E-state index in [1.54, 1.807) is 6.20 Å². The van der Waals surface area contributed by atoms with Crippen LogP contribution in [0.3, 0.4) is 0 Å². The summed E-state index contributed by atoms with van der Waals surface area (Å²) in [6, 6.07) is 7.42. The Morgan fingerprint density at radius 3 is 2.71 bits per heavy atom. The molecule has 6 heteroatoms. The van der Waals surface area contributed by atoms with Crippen molar-refractivity contribution in [1.82, 2.24) is 14.9 Å². The summed E-state index contributed by atoms with van der Waals surface area (Å²) in [6.07, 6.45) is 12.7. The molecule has 5 nitrogen and oxygen atoms in total. The maximum absolute atomic E-state index is 5.79. The molecule has 2 aliphatic heterocycles. The van der Waals surface area contributed by atoms with E-state index in [9.17, 15) is 0 Å². The molecule has 186 valence electrons. The average Bonchev–Trinajstić information content (AvgIpc) is 2.76. The summed E-state index contributed by atoms with van der Waals surface area (Å²) in [4.78, 5) is 14.5. The van der Waals surface area contributed by atoms with E-state index in [1.807, 2.05) is 0 Å². The van der Waals surface area contributed by atoms with Gasteiger partial charge in [-0.25, -0.2) is 4.98 Å². The lowest BCUT2D eigenvalue weighted by molar-refractivity contribution is 0.0416. The van der Waals surface area contributed by atoms with Crippen molar-refractivity contribution >= 4 is 24.4 Å². The molecule has 3 aliphatic rings. The number of rotatable bonds is 6. The molecule has 5 rings (SSSR count). The number of aryl methyl sites for hydroxylation is 2. The number of aromatic nitrogens is 2. The lowest BCUT2D eigenvalue weighted by Gasteiger charge is -2.54. The van der Waals surface area contributed by atoms with Gasteiger partial charge in [-0.2, -0.15) is 17.6 Å². The molecule has 35 heavy (non-hydrogen) atoms. The topological polar surface area (TPSA) is 44.3 Å². The van der Waals surface area contributed by atoms with Crippen LogP contribution in [0.2, 0.25) is 0 Å². The van der Waals surface area contributed by atoms with E-state index >= 15 is 0 Å². The molecule has 2 aromatic rings. The molecule has 0 amide bonds. The molecule has 1 aliphatic carbocycles. The third kappa shape index (κ3) is 4.90. The van der Waals surface area contributed by atoms with Crippen LogP contribution in [0.4, 0.5) is 11.8 Å². The van der Waals surface area contributed by atoms with Crippen molar-refractivity contribution in [3.05, 3.63) is 46.6 Å². The Kier molecular flexibility index (Phi) is 6.76. The van der Waals surface area contributed by atoms with E-state index in [2.05, 4.69) is 71.9 Å². The van der Waals surface area contributed by atoms with Crippen LogP contribution in [0.15, 0.2) is 24.4 Å². The molecule has 0 bridgehead atoms. The SMILES string of the molecule is C#Cc1cnc(N2CC([C@@]3(S)CCCN(C4CC(C)C4)C3)C2)nc1N[C@H](C)c1ccc(C)cc1C. The molecular formula is C29H39N5S. The highest BCUT2D eigenvalue weighted by atomic mass is 32.1. The highest BCUT2D eigenvalue weighted by molar-refractivity contribution is 7.81. The molecule has 0 radical (unpaired) electrons. The highest BCUT2D eigenvalue weighted by Gasteiger charge is 2.47. The Balaban J connectivity index is 1.25. The number of likely N-dealkylation sites (tertiary alicyclic amines) is 1. The van der Waals surface area contributed by atoms with Crippen LogP contribution in [0.5, 0.6) is 0 Å². The predicted molar refractivity (Wildman–Crippen MR) is 148 cm³/mol. The van der Waals surface area contributed by atoms with Crippen LogP contribution in [0.1, 0.15) is 67.8 Å². The third-order valence-electron chi connectivity index (χ3n) is 8.50. The van der Waals surface area contributed by atoms with Gasteiger partial charge in [0.25, 0.3) is 0 Å². The van der Waals surface area contributed by atoms with Crippen molar-refractivity contribution in [1.29, 1.82) is 0 Å². The smallest absolute Gasteiger partial charge is 0.227 e. The number of hydrogen-bond acceptors (Lipinski definition) is 6. The Morgan fingerprint density at radius 2 is 2.03 bits per heavy atom. The Labute approximate surface area is 216 Å². The summed E-state index contributed by atoms with van der Waals surface area (Å²) in [5.74, 6) is 5.69. The van der Waals surface area contributed by atoms with Gasteiger partial charge in [-0.3, -0.25) is 4.90 Å². The van der Waals surface area contributed by atoms with Crippen LogP contribution in [0.25, 0.3) is 0 Å². The second kappa shape index (κ2) is 9.67. The van der Waals surface area contributed by atoms with Crippen molar-refractivity contribution in [2.75, 3.05) is 36.4 Å². The Morgan fingerprint density at radius 1 is 1.26 bits per heavy atom. The summed E-state index contributed by atoms with van der Waals surface area (Å²) in [5.41, 5.74) is 4.49. The lowest BCUT2D eigenvalue weighted by Crippen LogP contribution is -2.63. The second-order valence-corrected chi connectivity index (χ2v) is 12.2. The fourth-order valence-electron chi connectivity index (χ4n) is 6.22.